The molecule has 0 aliphatic carbocycles. The van der Waals surface area contributed by atoms with Crippen molar-refractivity contribution in [3.8, 4) is 0 Å². The first-order valence-corrected chi connectivity index (χ1v) is 5.54. The molecule has 0 heterocycles. The van der Waals surface area contributed by atoms with E-state index in [0.29, 0.717) is 12.1 Å². The molecule has 0 aliphatic heterocycles. The second kappa shape index (κ2) is 5.65. The van der Waals surface area contributed by atoms with Crippen LogP contribution in [0, 0.1) is 10.1 Å². The van der Waals surface area contributed by atoms with Gasteiger partial charge in [-0.05, 0) is 32.4 Å². The molecule has 1 aromatic carbocycles. The number of hydrogen-bond donors (Lipinski definition) is 4. The minimum Gasteiger partial charge on any atom is -0.396 e. The molecule has 0 aliphatic rings. The quantitative estimate of drug-likeness (QED) is 0.347. The number of anilines is 2. The van der Waals surface area contributed by atoms with Gasteiger partial charge in [0.05, 0.1) is 4.92 Å². The third-order valence-electron chi connectivity index (χ3n) is 2.58. The maximum absolute atomic E-state index is 11.1. The molecule has 0 fully saturated rings. The number of aliphatic hydroxyl groups excluding tert-OH is 1. The summed E-state index contributed by atoms with van der Waals surface area (Å²) in [5, 5.41) is 23.1. The summed E-state index contributed by atoms with van der Waals surface area (Å²) in [6.45, 7) is 3.72. The predicted octanol–water partition coefficient (Wildman–Crippen LogP) is 1.45. The molecule has 0 saturated carbocycles. The van der Waals surface area contributed by atoms with Crippen molar-refractivity contribution in [1.29, 1.82) is 0 Å². The van der Waals surface area contributed by atoms with E-state index in [0.717, 1.165) is 0 Å². The van der Waals surface area contributed by atoms with E-state index in [1.54, 1.807) is 12.1 Å². The van der Waals surface area contributed by atoms with Gasteiger partial charge in [0.25, 0.3) is 0 Å². The second-order valence-corrected chi connectivity index (χ2v) is 4.59. The highest BCUT2D eigenvalue weighted by Gasteiger charge is 2.24. The van der Waals surface area contributed by atoms with Crippen molar-refractivity contribution in [2.24, 2.45) is 5.84 Å². The zero-order valence-electron chi connectivity index (χ0n) is 10.4. The number of nitrogens with one attached hydrogen (secondary N) is 2. The second-order valence-electron chi connectivity index (χ2n) is 4.59. The van der Waals surface area contributed by atoms with Crippen LogP contribution >= 0.6 is 0 Å². The molecule has 7 nitrogen and oxygen atoms in total. The summed E-state index contributed by atoms with van der Waals surface area (Å²) in [7, 11) is 0. The average molecular weight is 254 g/mol. The van der Waals surface area contributed by atoms with Crippen LogP contribution < -0.4 is 16.6 Å². The third-order valence-corrected chi connectivity index (χ3v) is 2.58. The van der Waals surface area contributed by atoms with Crippen LogP contribution in [0.25, 0.3) is 0 Å². The zero-order valence-corrected chi connectivity index (χ0v) is 10.4. The Morgan fingerprint density at radius 3 is 2.56 bits per heavy atom. The maximum atomic E-state index is 11.1. The van der Waals surface area contributed by atoms with E-state index in [4.69, 9.17) is 10.9 Å². The van der Waals surface area contributed by atoms with Gasteiger partial charge in [-0.15, -0.1) is 0 Å². The number of nitrogens with two attached hydrogens (primary N) is 1. The van der Waals surface area contributed by atoms with E-state index in [1.165, 1.54) is 6.07 Å². The van der Waals surface area contributed by atoms with Gasteiger partial charge in [-0.25, -0.2) is 0 Å². The van der Waals surface area contributed by atoms with Crippen LogP contribution in [0.15, 0.2) is 18.2 Å². The number of para-hydroxylation sites is 1. The average Bonchev–Trinajstić information content (AvgIpc) is 2.27. The topological polar surface area (TPSA) is 113 Å². The lowest BCUT2D eigenvalue weighted by molar-refractivity contribution is -0.383. The molecule has 0 radical (unpaired) electrons. The Morgan fingerprint density at radius 2 is 2.06 bits per heavy atom. The van der Waals surface area contributed by atoms with Crippen molar-refractivity contribution in [1.82, 2.24) is 0 Å². The summed E-state index contributed by atoms with van der Waals surface area (Å²) < 4.78 is 0. The molecule has 0 aromatic heterocycles. The van der Waals surface area contributed by atoms with E-state index < -0.39 is 10.5 Å². The molecule has 0 amide bonds. The molecule has 0 spiro atoms. The SMILES string of the molecule is CC(C)(CCO)Nc1cccc(NN)c1[N+](=O)[O-]. The summed E-state index contributed by atoms with van der Waals surface area (Å²) in [4.78, 5) is 10.6. The van der Waals surface area contributed by atoms with Crippen molar-refractivity contribution in [2.75, 3.05) is 17.3 Å². The Bertz CT molecular complexity index is 434. The number of hydrazine groups is 1. The monoisotopic (exact) mass is 254 g/mol. The van der Waals surface area contributed by atoms with Gasteiger partial charge in [-0.3, -0.25) is 16.0 Å². The van der Waals surface area contributed by atoms with Gasteiger partial charge in [0.15, 0.2) is 0 Å². The van der Waals surface area contributed by atoms with Crippen LogP contribution in [-0.2, 0) is 0 Å². The summed E-state index contributed by atoms with van der Waals surface area (Å²) >= 11 is 0. The molecule has 0 saturated heterocycles. The van der Waals surface area contributed by atoms with Gasteiger partial charge in [0, 0.05) is 12.1 Å². The minimum atomic E-state index is -0.493. The van der Waals surface area contributed by atoms with Gasteiger partial charge in [0.2, 0.25) is 0 Å². The van der Waals surface area contributed by atoms with E-state index in [-0.39, 0.29) is 18.0 Å². The predicted molar refractivity (Wildman–Crippen MR) is 70.3 cm³/mol. The summed E-state index contributed by atoms with van der Waals surface area (Å²) in [6, 6.07) is 4.81. The molecule has 0 bridgehead atoms. The smallest absolute Gasteiger partial charge is 0.316 e. The molecule has 18 heavy (non-hydrogen) atoms. The van der Waals surface area contributed by atoms with Crippen molar-refractivity contribution in [3.63, 3.8) is 0 Å². The van der Waals surface area contributed by atoms with Crippen molar-refractivity contribution in [3.05, 3.63) is 28.3 Å². The molecule has 100 valence electrons. The van der Waals surface area contributed by atoms with Gasteiger partial charge < -0.3 is 15.8 Å². The zero-order chi connectivity index (χ0) is 13.8. The first-order chi connectivity index (χ1) is 8.41. The number of nitro benzene ring substituents is 1. The van der Waals surface area contributed by atoms with Crippen LogP contribution in [0.4, 0.5) is 17.1 Å². The number of rotatable bonds is 6. The highest BCUT2D eigenvalue weighted by Crippen LogP contribution is 2.34. The number of hydrogen-bond acceptors (Lipinski definition) is 6. The van der Waals surface area contributed by atoms with Gasteiger partial charge in [-0.1, -0.05) is 6.07 Å². The first-order valence-electron chi connectivity index (χ1n) is 5.54. The number of aliphatic hydroxyl groups is 1. The number of nitrogen functional groups attached to an aromatic ring is 1. The molecular weight excluding hydrogens is 236 g/mol. The molecular formula is C11H18N4O3. The lowest BCUT2D eigenvalue weighted by atomic mass is 10.0. The summed E-state index contributed by atoms with van der Waals surface area (Å²) in [5.41, 5.74) is 2.36. The molecule has 7 heteroatoms. The number of nitrogens with zero attached hydrogens (tertiary/aromatic N) is 1. The van der Waals surface area contributed by atoms with Crippen molar-refractivity contribution in [2.45, 2.75) is 25.8 Å². The molecule has 0 atom stereocenters. The van der Waals surface area contributed by atoms with Gasteiger partial charge in [0.1, 0.15) is 11.4 Å². The Morgan fingerprint density at radius 1 is 1.44 bits per heavy atom. The fourth-order valence-electron chi connectivity index (χ4n) is 1.66. The lowest BCUT2D eigenvalue weighted by Crippen LogP contribution is -2.32. The molecule has 1 rings (SSSR count). The highest BCUT2D eigenvalue weighted by molar-refractivity contribution is 5.76. The van der Waals surface area contributed by atoms with Crippen LogP contribution in [0.3, 0.4) is 0 Å². The largest absolute Gasteiger partial charge is 0.396 e. The van der Waals surface area contributed by atoms with E-state index in [2.05, 4.69) is 10.7 Å². The standard InChI is InChI=1S/C11H18N4O3/c1-11(2,6-7-16)13-8-4-3-5-9(14-12)10(8)15(17)18/h3-5,13-14,16H,6-7,12H2,1-2H3. The van der Waals surface area contributed by atoms with Crippen molar-refractivity contribution >= 4 is 17.1 Å². The van der Waals surface area contributed by atoms with E-state index >= 15 is 0 Å². The first kappa shape index (κ1) is 14.2. The van der Waals surface area contributed by atoms with E-state index in [9.17, 15) is 10.1 Å². The fourth-order valence-corrected chi connectivity index (χ4v) is 1.66. The normalized spacial score (nSPS) is 11.1. The van der Waals surface area contributed by atoms with Gasteiger partial charge in [-0.2, -0.15) is 0 Å². The summed E-state index contributed by atoms with van der Waals surface area (Å²) in [5.74, 6) is 5.26. The molecule has 1 aromatic rings. The Kier molecular flexibility index (Phi) is 4.46. The fraction of sp³-hybridized carbons (Fsp3) is 0.455. The minimum absolute atomic E-state index is 0.00261. The lowest BCUT2D eigenvalue weighted by Gasteiger charge is -2.26. The van der Waals surface area contributed by atoms with Crippen LogP contribution in [0.2, 0.25) is 0 Å². The molecule has 0 unspecified atom stereocenters. The third kappa shape index (κ3) is 3.31. The van der Waals surface area contributed by atoms with Crippen LogP contribution in [0.1, 0.15) is 20.3 Å². The highest BCUT2D eigenvalue weighted by atomic mass is 16.6. The number of nitro groups is 1. The maximum Gasteiger partial charge on any atom is 0.316 e. The molecule has 5 N–H and O–H groups in total. The van der Waals surface area contributed by atoms with Crippen LogP contribution in [0.5, 0.6) is 0 Å². The summed E-state index contributed by atoms with van der Waals surface area (Å²) in [6.07, 6.45) is 0.477. The Balaban J connectivity index is 3.12. The van der Waals surface area contributed by atoms with Gasteiger partial charge >= 0.3 is 5.69 Å². The van der Waals surface area contributed by atoms with E-state index in [1.807, 2.05) is 13.8 Å². The Hall–Kier alpha value is -1.86. The Labute approximate surface area is 105 Å². The van der Waals surface area contributed by atoms with Crippen molar-refractivity contribution < 1.29 is 10.0 Å². The van der Waals surface area contributed by atoms with Crippen LogP contribution in [-0.4, -0.2) is 22.2 Å². The number of benzene rings is 1.